The second-order valence-corrected chi connectivity index (χ2v) is 5.15. The van der Waals surface area contributed by atoms with Gasteiger partial charge in [0.2, 0.25) is 0 Å². The van der Waals surface area contributed by atoms with Crippen molar-refractivity contribution in [1.29, 1.82) is 0 Å². The number of nitrogens with one attached hydrogen (secondary N) is 1. The van der Waals surface area contributed by atoms with Crippen LogP contribution in [0, 0.1) is 17.0 Å². The Labute approximate surface area is 130 Å². The Kier molecular flexibility index (Phi) is 4.45. The van der Waals surface area contributed by atoms with Crippen molar-refractivity contribution in [3.63, 3.8) is 0 Å². The summed E-state index contributed by atoms with van der Waals surface area (Å²) in [6.07, 6.45) is 0. The average Bonchev–Trinajstić information content (AvgIpc) is 2.43. The molecule has 7 heteroatoms. The van der Waals surface area contributed by atoms with Crippen molar-refractivity contribution in [3.05, 3.63) is 67.7 Å². The zero-order valence-corrected chi connectivity index (χ0v) is 12.4. The molecule has 0 fully saturated rings. The summed E-state index contributed by atoms with van der Waals surface area (Å²) in [4.78, 5) is 22.3. The lowest BCUT2D eigenvalue weighted by Gasteiger charge is -2.08. The van der Waals surface area contributed by atoms with Gasteiger partial charge in [-0.2, -0.15) is 0 Å². The number of nitro groups is 1. The predicted molar refractivity (Wildman–Crippen MR) is 82.2 cm³/mol. The lowest BCUT2D eigenvalue weighted by atomic mass is 10.1. The van der Waals surface area contributed by atoms with Crippen LogP contribution in [0.4, 0.5) is 11.4 Å². The number of anilines is 1. The minimum Gasteiger partial charge on any atom is -0.322 e. The summed E-state index contributed by atoms with van der Waals surface area (Å²) >= 11 is 11.7. The molecule has 0 aromatic heterocycles. The Morgan fingerprint density at radius 2 is 1.86 bits per heavy atom. The molecule has 0 aliphatic rings. The van der Waals surface area contributed by atoms with Gasteiger partial charge in [-0.05, 0) is 36.8 Å². The molecule has 108 valence electrons. The molecule has 1 N–H and O–H groups in total. The Hall–Kier alpha value is -2.11. The van der Waals surface area contributed by atoms with Gasteiger partial charge in [0.1, 0.15) is 0 Å². The summed E-state index contributed by atoms with van der Waals surface area (Å²) in [6, 6.07) is 8.75. The third kappa shape index (κ3) is 3.51. The average molecular weight is 325 g/mol. The van der Waals surface area contributed by atoms with Crippen molar-refractivity contribution < 1.29 is 9.72 Å². The Morgan fingerprint density at radius 3 is 2.43 bits per heavy atom. The summed E-state index contributed by atoms with van der Waals surface area (Å²) in [6.45, 7) is 1.68. The van der Waals surface area contributed by atoms with Crippen LogP contribution in [0.5, 0.6) is 0 Å². The number of aryl methyl sites for hydroxylation is 1. The van der Waals surface area contributed by atoms with Crippen LogP contribution in [-0.4, -0.2) is 10.8 Å². The molecule has 2 rings (SSSR count). The molecule has 1 amide bonds. The quantitative estimate of drug-likeness (QED) is 0.669. The van der Waals surface area contributed by atoms with Crippen molar-refractivity contribution in [3.8, 4) is 0 Å². The summed E-state index contributed by atoms with van der Waals surface area (Å²) in [5, 5.41) is 14.0. The molecule has 0 heterocycles. The van der Waals surface area contributed by atoms with E-state index >= 15 is 0 Å². The summed E-state index contributed by atoms with van der Waals surface area (Å²) in [5.74, 6) is -0.370. The van der Waals surface area contributed by atoms with Crippen LogP contribution in [0.1, 0.15) is 15.9 Å². The molecule has 0 bridgehead atoms. The number of rotatable bonds is 3. The van der Waals surface area contributed by atoms with E-state index in [0.29, 0.717) is 21.8 Å². The maximum Gasteiger partial charge on any atom is 0.269 e. The van der Waals surface area contributed by atoms with Crippen molar-refractivity contribution in [2.75, 3.05) is 5.32 Å². The maximum absolute atomic E-state index is 12.1. The van der Waals surface area contributed by atoms with Gasteiger partial charge in [0, 0.05) is 23.4 Å². The Bertz CT molecular complexity index is 732. The van der Waals surface area contributed by atoms with Crippen LogP contribution >= 0.6 is 23.2 Å². The van der Waals surface area contributed by atoms with Crippen LogP contribution < -0.4 is 5.32 Å². The number of carbonyl (C=O) groups is 1. The van der Waals surface area contributed by atoms with Crippen LogP contribution in [0.2, 0.25) is 10.0 Å². The third-order valence-electron chi connectivity index (χ3n) is 2.85. The van der Waals surface area contributed by atoms with Crippen LogP contribution in [0.25, 0.3) is 0 Å². The van der Waals surface area contributed by atoms with Gasteiger partial charge in [-0.3, -0.25) is 14.9 Å². The minimum absolute atomic E-state index is 0.0277. The molecule has 2 aromatic rings. The highest BCUT2D eigenvalue weighted by Gasteiger charge is 2.12. The number of hydrogen-bond acceptors (Lipinski definition) is 3. The number of halogens is 2. The van der Waals surface area contributed by atoms with E-state index in [2.05, 4.69) is 5.32 Å². The summed E-state index contributed by atoms with van der Waals surface area (Å²) in [5.41, 5.74) is 1.41. The molecular formula is C14H10Cl2N2O3. The van der Waals surface area contributed by atoms with E-state index in [4.69, 9.17) is 23.2 Å². The standard InChI is InChI=1S/C14H10Cl2N2O3/c1-8-6-10(18(20)21)3-5-13(8)17-14(19)9-2-4-11(15)12(16)7-9/h2-7H,1H3,(H,17,19). The number of non-ortho nitro benzene ring substituents is 1. The fourth-order valence-corrected chi connectivity index (χ4v) is 2.03. The SMILES string of the molecule is Cc1cc([N+](=O)[O-])ccc1NC(=O)c1ccc(Cl)c(Cl)c1. The highest BCUT2D eigenvalue weighted by atomic mass is 35.5. The van der Waals surface area contributed by atoms with E-state index in [1.165, 1.54) is 30.3 Å². The van der Waals surface area contributed by atoms with E-state index in [1.807, 2.05) is 0 Å². The highest BCUT2D eigenvalue weighted by molar-refractivity contribution is 6.42. The first-order chi connectivity index (χ1) is 9.88. The molecule has 0 atom stereocenters. The predicted octanol–water partition coefficient (Wildman–Crippen LogP) is 4.46. The maximum atomic E-state index is 12.1. The van der Waals surface area contributed by atoms with E-state index < -0.39 is 4.92 Å². The van der Waals surface area contributed by atoms with Gasteiger partial charge in [0.15, 0.2) is 0 Å². The first-order valence-corrected chi connectivity index (χ1v) is 6.65. The highest BCUT2D eigenvalue weighted by Crippen LogP contribution is 2.25. The topological polar surface area (TPSA) is 72.2 Å². The summed E-state index contributed by atoms with van der Waals surface area (Å²) < 4.78 is 0. The number of nitro benzene ring substituents is 1. The summed E-state index contributed by atoms with van der Waals surface area (Å²) in [7, 11) is 0. The molecule has 21 heavy (non-hydrogen) atoms. The van der Waals surface area contributed by atoms with Gasteiger partial charge < -0.3 is 5.32 Å². The first kappa shape index (κ1) is 15.3. The smallest absolute Gasteiger partial charge is 0.269 e. The van der Waals surface area contributed by atoms with Crippen molar-refractivity contribution in [1.82, 2.24) is 0 Å². The fourth-order valence-electron chi connectivity index (χ4n) is 1.73. The lowest BCUT2D eigenvalue weighted by molar-refractivity contribution is -0.384. The van der Waals surface area contributed by atoms with Crippen molar-refractivity contribution in [2.24, 2.45) is 0 Å². The van der Waals surface area contributed by atoms with Gasteiger partial charge in [-0.1, -0.05) is 23.2 Å². The first-order valence-electron chi connectivity index (χ1n) is 5.90. The minimum atomic E-state index is -0.489. The normalized spacial score (nSPS) is 10.2. The molecule has 0 unspecified atom stereocenters. The van der Waals surface area contributed by atoms with E-state index in [9.17, 15) is 14.9 Å². The Balaban J connectivity index is 2.23. The molecule has 0 aliphatic carbocycles. The number of benzene rings is 2. The van der Waals surface area contributed by atoms with Crippen LogP contribution in [-0.2, 0) is 0 Å². The van der Waals surface area contributed by atoms with Crippen molar-refractivity contribution >= 4 is 40.5 Å². The zero-order valence-electron chi connectivity index (χ0n) is 10.9. The number of amides is 1. The molecular weight excluding hydrogens is 315 g/mol. The van der Waals surface area contributed by atoms with Gasteiger partial charge in [-0.15, -0.1) is 0 Å². The molecule has 5 nitrogen and oxygen atoms in total. The molecule has 0 radical (unpaired) electrons. The third-order valence-corrected chi connectivity index (χ3v) is 3.59. The second-order valence-electron chi connectivity index (χ2n) is 4.34. The van der Waals surface area contributed by atoms with Gasteiger partial charge >= 0.3 is 0 Å². The number of hydrogen-bond donors (Lipinski definition) is 1. The molecule has 0 saturated carbocycles. The molecule has 2 aromatic carbocycles. The Morgan fingerprint density at radius 1 is 1.14 bits per heavy atom. The van der Waals surface area contributed by atoms with E-state index in [-0.39, 0.29) is 16.6 Å². The van der Waals surface area contributed by atoms with E-state index in [0.717, 1.165) is 0 Å². The van der Waals surface area contributed by atoms with Crippen LogP contribution in [0.15, 0.2) is 36.4 Å². The molecule has 0 spiro atoms. The second kappa shape index (κ2) is 6.11. The fraction of sp³-hybridized carbons (Fsp3) is 0.0714. The monoisotopic (exact) mass is 324 g/mol. The van der Waals surface area contributed by atoms with Gasteiger partial charge in [0.05, 0.1) is 15.0 Å². The number of carbonyl (C=O) groups excluding carboxylic acids is 1. The van der Waals surface area contributed by atoms with Crippen molar-refractivity contribution in [2.45, 2.75) is 6.92 Å². The lowest BCUT2D eigenvalue weighted by Crippen LogP contribution is -2.12. The number of nitrogens with zero attached hydrogens (tertiary/aromatic N) is 1. The van der Waals surface area contributed by atoms with Gasteiger partial charge in [-0.25, -0.2) is 0 Å². The zero-order chi connectivity index (χ0) is 15.6. The van der Waals surface area contributed by atoms with Gasteiger partial charge in [0.25, 0.3) is 11.6 Å². The molecule has 0 aliphatic heterocycles. The molecule has 0 saturated heterocycles. The van der Waals surface area contributed by atoms with E-state index in [1.54, 1.807) is 13.0 Å². The van der Waals surface area contributed by atoms with Crippen LogP contribution in [0.3, 0.4) is 0 Å². The largest absolute Gasteiger partial charge is 0.322 e.